The van der Waals surface area contributed by atoms with Crippen molar-refractivity contribution in [1.82, 2.24) is 16.0 Å². The van der Waals surface area contributed by atoms with E-state index in [-0.39, 0.29) is 41.8 Å². The summed E-state index contributed by atoms with van der Waals surface area (Å²) in [6.45, 7) is -0.337. The number of nitrogens with one attached hydrogen (secondary N) is 3. The van der Waals surface area contributed by atoms with Crippen molar-refractivity contribution in [1.29, 1.82) is 0 Å². The van der Waals surface area contributed by atoms with E-state index >= 15 is 0 Å². The standard InChI is InChI=1S/C19H20ClF4N3O3S/c20-11-2-1-10(3-12(11)21)30-8-15(28)27-18-4-9(5-18)13(6-18)26-16(29)14-7-25-17(31-14)19(22,23)24/h1-3,9,13-14,17,25H,4-8H2,(H,26,29)(H,27,28)/t9?,13-,14?,17?,18?/m0/s1. The van der Waals surface area contributed by atoms with Crippen molar-refractivity contribution in [3.8, 4) is 5.75 Å². The number of hydrogen-bond donors (Lipinski definition) is 3. The summed E-state index contributed by atoms with van der Waals surface area (Å²) in [7, 11) is 0. The molecule has 3 saturated carbocycles. The molecule has 3 atom stereocenters. The number of ether oxygens (including phenoxy) is 1. The van der Waals surface area contributed by atoms with Gasteiger partial charge in [0.1, 0.15) is 11.6 Å². The molecule has 5 rings (SSSR count). The first-order valence-corrected chi connectivity index (χ1v) is 11.0. The molecular weight excluding hydrogens is 462 g/mol. The first kappa shape index (κ1) is 22.5. The Morgan fingerprint density at radius 2 is 2.03 bits per heavy atom. The molecule has 3 aliphatic carbocycles. The number of benzene rings is 1. The zero-order valence-electron chi connectivity index (χ0n) is 16.1. The summed E-state index contributed by atoms with van der Waals surface area (Å²) < 4.78 is 57.0. The molecule has 0 aromatic heterocycles. The Morgan fingerprint density at radius 1 is 1.29 bits per heavy atom. The summed E-state index contributed by atoms with van der Waals surface area (Å²) in [6, 6.07) is 3.69. The van der Waals surface area contributed by atoms with Crippen LogP contribution in [0.3, 0.4) is 0 Å². The maximum atomic E-state index is 13.4. The largest absolute Gasteiger partial charge is 0.484 e. The van der Waals surface area contributed by atoms with Gasteiger partial charge in [-0.25, -0.2) is 4.39 Å². The van der Waals surface area contributed by atoms with E-state index in [4.69, 9.17) is 16.3 Å². The Hall–Kier alpha value is -1.72. The third kappa shape index (κ3) is 4.88. The molecule has 3 N–H and O–H groups in total. The van der Waals surface area contributed by atoms with E-state index in [2.05, 4.69) is 16.0 Å². The van der Waals surface area contributed by atoms with Gasteiger partial charge in [-0.1, -0.05) is 11.6 Å². The minimum absolute atomic E-state index is 0.0391. The van der Waals surface area contributed by atoms with Crippen molar-refractivity contribution in [3.05, 3.63) is 29.0 Å². The molecule has 31 heavy (non-hydrogen) atoms. The molecule has 1 aromatic rings. The lowest BCUT2D eigenvalue weighted by Crippen LogP contribution is -2.53. The number of carbonyl (C=O) groups is 2. The SMILES string of the molecule is O=C(COc1ccc(Cl)c(F)c1)NC12CC(C1)[C@@H](NC(=O)C1CNC(C(F)(F)F)S1)C2. The summed E-state index contributed by atoms with van der Waals surface area (Å²) in [5, 5.41) is 5.50. The normalized spacial score (nSPS) is 31.8. The first-order valence-electron chi connectivity index (χ1n) is 9.69. The summed E-state index contributed by atoms with van der Waals surface area (Å²) >= 11 is 6.17. The number of carbonyl (C=O) groups excluding carboxylic acids is 2. The molecule has 1 aliphatic heterocycles. The molecule has 170 valence electrons. The van der Waals surface area contributed by atoms with Crippen LogP contribution in [-0.4, -0.2) is 53.3 Å². The highest BCUT2D eigenvalue weighted by Crippen LogP contribution is 2.52. The molecule has 2 amide bonds. The number of rotatable bonds is 6. The number of alkyl halides is 3. The Balaban J connectivity index is 1.23. The van der Waals surface area contributed by atoms with E-state index in [0.717, 1.165) is 6.07 Å². The molecule has 1 aromatic carbocycles. The highest BCUT2D eigenvalue weighted by Gasteiger charge is 2.57. The van der Waals surface area contributed by atoms with Gasteiger partial charge in [-0.05, 0) is 37.3 Å². The van der Waals surface area contributed by atoms with Crippen LogP contribution >= 0.6 is 23.4 Å². The van der Waals surface area contributed by atoms with Gasteiger partial charge in [0.2, 0.25) is 5.91 Å². The molecule has 2 unspecified atom stereocenters. The quantitative estimate of drug-likeness (QED) is 0.544. The second-order valence-electron chi connectivity index (χ2n) is 8.14. The molecule has 0 radical (unpaired) electrons. The van der Waals surface area contributed by atoms with E-state index in [1.165, 1.54) is 12.1 Å². The van der Waals surface area contributed by atoms with Crippen LogP contribution in [0.1, 0.15) is 19.3 Å². The van der Waals surface area contributed by atoms with Crippen LogP contribution in [0, 0.1) is 11.7 Å². The minimum atomic E-state index is -4.40. The third-order valence-corrected chi connectivity index (χ3v) is 7.58. The van der Waals surface area contributed by atoms with Crippen molar-refractivity contribution < 1.29 is 31.9 Å². The minimum Gasteiger partial charge on any atom is -0.484 e. The Labute approximate surface area is 184 Å². The lowest BCUT2D eigenvalue weighted by molar-refractivity contribution is -0.133. The lowest BCUT2D eigenvalue weighted by Gasteiger charge is -2.39. The van der Waals surface area contributed by atoms with Gasteiger partial charge in [-0.15, -0.1) is 11.8 Å². The first-order chi connectivity index (χ1) is 14.5. The maximum absolute atomic E-state index is 13.4. The number of halogens is 5. The molecule has 6 nitrogen and oxygen atoms in total. The number of amides is 2. The zero-order chi connectivity index (χ0) is 22.4. The average Bonchev–Trinajstić information content (AvgIpc) is 3.35. The van der Waals surface area contributed by atoms with Gasteiger partial charge in [-0.3, -0.25) is 14.9 Å². The Kier molecular flexibility index (Phi) is 6.04. The predicted molar refractivity (Wildman–Crippen MR) is 106 cm³/mol. The van der Waals surface area contributed by atoms with Crippen molar-refractivity contribution in [2.24, 2.45) is 5.92 Å². The topological polar surface area (TPSA) is 79.5 Å². The number of thioether (sulfide) groups is 1. The fourth-order valence-electron chi connectivity index (χ4n) is 4.45. The van der Waals surface area contributed by atoms with E-state index in [0.29, 0.717) is 31.0 Å². The second kappa shape index (κ2) is 8.32. The van der Waals surface area contributed by atoms with E-state index < -0.39 is 34.1 Å². The van der Waals surface area contributed by atoms with E-state index in [1.807, 2.05) is 0 Å². The van der Waals surface area contributed by atoms with Gasteiger partial charge in [0.25, 0.3) is 5.91 Å². The number of hydrogen-bond acceptors (Lipinski definition) is 5. The molecule has 1 heterocycles. The van der Waals surface area contributed by atoms with Gasteiger partial charge < -0.3 is 15.4 Å². The molecule has 4 aliphatic rings. The van der Waals surface area contributed by atoms with Crippen LogP contribution in [0.25, 0.3) is 0 Å². The second-order valence-corrected chi connectivity index (χ2v) is 9.86. The number of fused-ring (bicyclic) bond motifs is 1. The van der Waals surface area contributed by atoms with Gasteiger partial charge in [0, 0.05) is 24.2 Å². The van der Waals surface area contributed by atoms with Crippen LogP contribution in [0.2, 0.25) is 5.02 Å². The van der Waals surface area contributed by atoms with Gasteiger partial charge in [0.05, 0.1) is 10.3 Å². The molecular formula is C19H20ClF4N3O3S. The monoisotopic (exact) mass is 481 g/mol. The maximum Gasteiger partial charge on any atom is 0.413 e. The smallest absolute Gasteiger partial charge is 0.413 e. The molecule has 2 bridgehead atoms. The van der Waals surface area contributed by atoms with E-state index in [9.17, 15) is 27.2 Å². The van der Waals surface area contributed by atoms with Crippen LogP contribution < -0.4 is 20.7 Å². The zero-order valence-corrected chi connectivity index (χ0v) is 17.7. The highest BCUT2D eigenvalue weighted by atomic mass is 35.5. The van der Waals surface area contributed by atoms with Gasteiger partial charge >= 0.3 is 6.18 Å². The fourth-order valence-corrected chi connectivity index (χ4v) is 5.63. The third-order valence-electron chi connectivity index (χ3n) is 5.86. The van der Waals surface area contributed by atoms with Crippen molar-refractivity contribution in [2.45, 2.75) is 47.6 Å². The van der Waals surface area contributed by atoms with Crippen molar-refractivity contribution >= 4 is 35.2 Å². The van der Waals surface area contributed by atoms with Crippen molar-refractivity contribution in [3.63, 3.8) is 0 Å². The van der Waals surface area contributed by atoms with Crippen molar-refractivity contribution in [2.75, 3.05) is 13.2 Å². The summed E-state index contributed by atoms with van der Waals surface area (Å²) in [5.41, 5.74) is -0.454. The van der Waals surface area contributed by atoms with Gasteiger partial charge in [-0.2, -0.15) is 13.2 Å². The van der Waals surface area contributed by atoms with Crippen LogP contribution in [0.5, 0.6) is 5.75 Å². The Bertz CT molecular complexity index is 881. The van der Waals surface area contributed by atoms with Crippen LogP contribution in [0.15, 0.2) is 18.2 Å². The van der Waals surface area contributed by atoms with Gasteiger partial charge in [0.15, 0.2) is 12.0 Å². The molecule has 4 fully saturated rings. The molecule has 0 spiro atoms. The van der Waals surface area contributed by atoms with Crippen LogP contribution in [-0.2, 0) is 9.59 Å². The summed E-state index contributed by atoms with van der Waals surface area (Å²) in [4.78, 5) is 24.6. The van der Waals surface area contributed by atoms with Crippen LogP contribution in [0.4, 0.5) is 17.6 Å². The average molecular weight is 482 g/mol. The summed E-state index contributed by atoms with van der Waals surface area (Å²) in [5.74, 6) is -1.09. The Morgan fingerprint density at radius 3 is 2.68 bits per heavy atom. The lowest BCUT2D eigenvalue weighted by atomic mass is 9.76. The van der Waals surface area contributed by atoms with E-state index in [1.54, 1.807) is 0 Å². The predicted octanol–water partition coefficient (Wildman–Crippen LogP) is 2.60. The fraction of sp³-hybridized carbons (Fsp3) is 0.579. The summed E-state index contributed by atoms with van der Waals surface area (Å²) in [6.07, 6.45) is -2.53. The highest BCUT2D eigenvalue weighted by molar-refractivity contribution is 8.01. The molecule has 1 saturated heterocycles. The molecule has 12 heteroatoms.